The molecule has 3 heterocycles. The molecule has 0 saturated heterocycles. The van der Waals surface area contributed by atoms with Crippen LogP contribution in [0.4, 0.5) is 0 Å². The highest BCUT2D eigenvalue weighted by atomic mass is 32.2. The van der Waals surface area contributed by atoms with E-state index in [1.54, 1.807) is 17.8 Å². The monoisotopic (exact) mass is 537 g/mol. The number of phenolic OH excluding ortho intramolecular Hbond substituents is 1. The highest BCUT2D eigenvalue weighted by molar-refractivity contribution is 7.99. The van der Waals surface area contributed by atoms with E-state index in [0.29, 0.717) is 11.3 Å². The van der Waals surface area contributed by atoms with Crippen molar-refractivity contribution in [2.45, 2.75) is 23.8 Å². The number of aromatic hydroxyl groups is 1. The number of rotatable bonds is 6. The lowest BCUT2D eigenvalue weighted by molar-refractivity contribution is 0.477. The lowest BCUT2D eigenvalue weighted by Crippen LogP contribution is -1.94. The van der Waals surface area contributed by atoms with Gasteiger partial charge in [-0.1, -0.05) is 60.3 Å². The summed E-state index contributed by atoms with van der Waals surface area (Å²) in [4.78, 5) is 15.3. The van der Waals surface area contributed by atoms with Gasteiger partial charge in [-0.3, -0.25) is 4.98 Å². The van der Waals surface area contributed by atoms with E-state index in [1.165, 1.54) is 0 Å². The molecule has 0 aliphatic carbocycles. The molecule has 194 valence electrons. The largest absolute Gasteiger partial charge is 0.507 e. The van der Waals surface area contributed by atoms with Gasteiger partial charge >= 0.3 is 0 Å². The van der Waals surface area contributed by atoms with Crippen LogP contribution >= 0.6 is 11.8 Å². The molecule has 0 spiro atoms. The highest BCUT2D eigenvalue weighted by Crippen LogP contribution is 2.38. The maximum atomic E-state index is 10.7. The van der Waals surface area contributed by atoms with Crippen molar-refractivity contribution >= 4 is 11.8 Å². The minimum Gasteiger partial charge on any atom is -0.507 e. The molecule has 5 heteroatoms. The van der Waals surface area contributed by atoms with Gasteiger partial charge < -0.3 is 5.11 Å². The predicted octanol–water partition coefficient (Wildman–Crippen LogP) is 9.01. The highest BCUT2D eigenvalue weighted by Gasteiger charge is 2.14. The van der Waals surface area contributed by atoms with E-state index in [1.807, 2.05) is 68.6 Å². The minimum atomic E-state index is 0.199. The Labute approximate surface area is 238 Å². The van der Waals surface area contributed by atoms with Crippen LogP contribution in [0, 0.1) is 13.8 Å². The summed E-state index contributed by atoms with van der Waals surface area (Å²) in [5.74, 6) is 0.199. The van der Waals surface area contributed by atoms with Gasteiger partial charge in [-0.15, -0.1) is 0 Å². The van der Waals surface area contributed by atoms with Crippen LogP contribution in [0.15, 0.2) is 131 Å². The van der Waals surface area contributed by atoms with Crippen LogP contribution in [-0.4, -0.2) is 20.1 Å². The van der Waals surface area contributed by atoms with Gasteiger partial charge in [0.05, 0.1) is 11.4 Å². The number of hydrogen-bond acceptors (Lipinski definition) is 5. The molecule has 0 unspecified atom stereocenters. The van der Waals surface area contributed by atoms with Gasteiger partial charge in [0.15, 0.2) is 0 Å². The van der Waals surface area contributed by atoms with E-state index in [2.05, 4.69) is 70.6 Å². The molecule has 40 heavy (non-hydrogen) atoms. The molecule has 0 aliphatic rings. The number of phenols is 1. The number of benzene rings is 3. The quantitative estimate of drug-likeness (QED) is 0.230. The summed E-state index contributed by atoms with van der Waals surface area (Å²) in [7, 11) is 0. The first-order chi connectivity index (χ1) is 19.5. The second-order valence-electron chi connectivity index (χ2n) is 9.66. The number of hydrogen-bond donors (Lipinski definition) is 1. The van der Waals surface area contributed by atoms with Crippen LogP contribution in [0.2, 0.25) is 0 Å². The average molecular weight is 538 g/mol. The molecule has 1 N–H and O–H groups in total. The second kappa shape index (κ2) is 11.2. The van der Waals surface area contributed by atoms with Crippen molar-refractivity contribution < 1.29 is 5.11 Å². The van der Waals surface area contributed by atoms with Gasteiger partial charge in [-0.2, -0.15) is 0 Å². The standard InChI is InChI=1S/C35H27N3OS/c1-23-16-26(17-24(2)37-23)28-21-32(38-33(22-28)31-12-6-7-13-34(31)39)29-18-27(25-10-4-3-5-11-25)19-30(20-29)40-35-14-8-9-15-36-35/h3-22,39H,1-2H3. The molecule has 0 fully saturated rings. The molecule has 0 atom stereocenters. The van der Waals surface area contributed by atoms with E-state index < -0.39 is 0 Å². The number of para-hydroxylation sites is 1. The van der Waals surface area contributed by atoms with Gasteiger partial charge in [-0.25, -0.2) is 9.97 Å². The summed E-state index contributed by atoms with van der Waals surface area (Å²) in [6.45, 7) is 4.01. The molecule has 3 aromatic carbocycles. The zero-order chi connectivity index (χ0) is 27.5. The summed E-state index contributed by atoms with van der Waals surface area (Å²) >= 11 is 1.63. The van der Waals surface area contributed by atoms with Crippen molar-refractivity contribution in [1.29, 1.82) is 0 Å². The van der Waals surface area contributed by atoms with Crippen LogP contribution in [0.3, 0.4) is 0 Å². The topological polar surface area (TPSA) is 58.9 Å². The Morgan fingerprint density at radius 3 is 1.95 bits per heavy atom. The summed E-state index contributed by atoms with van der Waals surface area (Å²) in [6, 6.07) is 38.5. The maximum Gasteiger partial charge on any atom is 0.124 e. The Morgan fingerprint density at radius 1 is 0.550 bits per heavy atom. The fourth-order valence-electron chi connectivity index (χ4n) is 4.81. The summed E-state index contributed by atoms with van der Waals surface area (Å²) in [5.41, 5.74) is 9.43. The van der Waals surface area contributed by atoms with Crippen molar-refractivity contribution in [1.82, 2.24) is 15.0 Å². The molecule has 0 bridgehead atoms. The zero-order valence-electron chi connectivity index (χ0n) is 22.2. The number of aromatic nitrogens is 3. The smallest absolute Gasteiger partial charge is 0.124 e. The average Bonchev–Trinajstić information content (AvgIpc) is 2.97. The molecular weight excluding hydrogens is 510 g/mol. The first-order valence-corrected chi connectivity index (χ1v) is 13.9. The molecule has 6 aromatic rings. The van der Waals surface area contributed by atoms with E-state index in [0.717, 1.165) is 54.8 Å². The van der Waals surface area contributed by atoms with E-state index >= 15 is 0 Å². The lowest BCUT2D eigenvalue weighted by Gasteiger charge is -2.14. The first-order valence-electron chi connectivity index (χ1n) is 13.1. The molecule has 0 aliphatic heterocycles. The maximum absolute atomic E-state index is 10.7. The summed E-state index contributed by atoms with van der Waals surface area (Å²) < 4.78 is 0. The molecule has 0 saturated carbocycles. The Bertz CT molecular complexity index is 1780. The number of aryl methyl sites for hydroxylation is 2. The molecule has 6 rings (SSSR count). The third kappa shape index (κ3) is 5.65. The van der Waals surface area contributed by atoms with Gasteiger partial charge in [0.1, 0.15) is 10.8 Å². The van der Waals surface area contributed by atoms with Crippen LogP contribution < -0.4 is 0 Å². The number of nitrogens with zero attached hydrogens (tertiary/aromatic N) is 3. The Hall–Kier alpha value is -4.74. The molecule has 4 nitrogen and oxygen atoms in total. The van der Waals surface area contributed by atoms with E-state index in [-0.39, 0.29) is 5.75 Å². The van der Waals surface area contributed by atoms with Crippen molar-refractivity contribution in [2.75, 3.05) is 0 Å². The van der Waals surface area contributed by atoms with Gasteiger partial charge in [0, 0.05) is 33.6 Å². The van der Waals surface area contributed by atoms with Crippen molar-refractivity contribution in [3.63, 3.8) is 0 Å². The Morgan fingerprint density at radius 2 is 1.20 bits per heavy atom. The van der Waals surface area contributed by atoms with E-state index in [9.17, 15) is 5.11 Å². The van der Waals surface area contributed by atoms with Crippen LogP contribution in [0.25, 0.3) is 44.8 Å². The Kier molecular flexibility index (Phi) is 7.13. The first kappa shape index (κ1) is 25.5. The van der Waals surface area contributed by atoms with E-state index in [4.69, 9.17) is 4.98 Å². The van der Waals surface area contributed by atoms with Crippen LogP contribution in [0.1, 0.15) is 11.4 Å². The molecule has 0 radical (unpaired) electrons. The van der Waals surface area contributed by atoms with Crippen LogP contribution in [0.5, 0.6) is 5.75 Å². The third-order valence-electron chi connectivity index (χ3n) is 6.59. The second-order valence-corrected chi connectivity index (χ2v) is 10.8. The normalized spacial score (nSPS) is 10.9. The summed E-state index contributed by atoms with van der Waals surface area (Å²) in [5, 5.41) is 11.6. The Balaban J connectivity index is 1.56. The molecule has 3 aromatic heterocycles. The lowest BCUT2D eigenvalue weighted by atomic mass is 9.97. The minimum absolute atomic E-state index is 0.199. The fourth-order valence-corrected chi connectivity index (χ4v) is 5.68. The third-order valence-corrected chi connectivity index (χ3v) is 7.51. The SMILES string of the molecule is Cc1cc(-c2cc(-c3cc(Sc4ccccn4)cc(-c4ccccc4)c3)nc(-c3ccccc3O)c2)cc(C)n1. The zero-order valence-corrected chi connectivity index (χ0v) is 23.1. The van der Waals surface area contributed by atoms with Crippen molar-refractivity contribution in [3.05, 3.63) is 133 Å². The van der Waals surface area contributed by atoms with Gasteiger partial charge in [0.25, 0.3) is 0 Å². The fraction of sp³-hybridized carbons (Fsp3) is 0.0571. The predicted molar refractivity (Wildman–Crippen MR) is 163 cm³/mol. The van der Waals surface area contributed by atoms with Crippen LogP contribution in [-0.2, 0) is 0 Å². The van der Waals surface area contributed by atoms with Gasteiger partial charge in [-0.05, 0) is 103 Å². The molecular formula is C35H27N3OS. The number of pyridine rings is 3. The van der Waals surface area contributed by atoms with Crippen molar-refractivity contribution in [3.8, 4) is 50.5 Å². The van der Waals surface area contributed by atoms with Gasteiger partial charge in [0.2, 0.25) is 0 Å². The molecule has 0 amide bonds. The summed E-state index contributed by atoms with van der Waals surface area (Å²) in [6.07, 6.45) is 1.81. The van der Waals surface area contributed by atoms with Crippen molar-refractivity contribution in [2.24, 2.45) is 0 Å².